The summed E-state index contributed by atoms with van der Waals surface area (Å²) >= 11 is 0. The van der Waals surface area contributed by atoms with E-state index in [-0.39, 0.29) is 36.5 Å². The maximum Gasteiger partial charge on any atom is 0.251 e. The second-order valence-corrected chi connectivity index (χ2v) is 8.65. The van der Waals surface area contributed by atoms with Gasteiger partial charge in [-0.25, -0.2) is 9.80 Å². The van der Waals surface area contributed by atoms with E-state index >= 15 is 0 Å². The number of amides is 4. The van der Waals surface area contributed by atoms with Gasteiger partial charge in [0, 0.05) is 37.9 Å². The minimum Gasteiger partial charge on any atom is -0.301 e. The smallest absolute Gasteiger partial charge is 0.251 e. The number of rotatable bonds is 8. The quantitative estimate of drug-likeness (QED) is 0.459. The highest BCUT2D eigenvalue weighted by molar-refractivity contribution is 6.24. The van der Waals surface area contributed by atoms with E-state index in [0.717, 1.165) is 20.9 Å². The van der Waals surface area contributed by atoms with Crippen LogP contribution in [0.2, 0.25) is 0 Å². The van der Waals surface area contributed by atoms with E-state index in [2.05, 4.69) is 20.6 Å². The second-order valence-electron chi connectivity index (χ2n) is 8.65. The van der Waals surface area contributed by atoms with Crippen LogP contribution in [0.25, 0.3) is 0 Å². The second kappa shape index (κ2) is 10.1. The fourth-order valence-electron chi connectivity index (χ4n) is 4.36. The number of hydrogen-bond acceptors (Lipinski definition) is 8. The number of benzene rings is 1. The summed E-state index contributed by atoms with van der Waals surface area (Å²) in [6.07, 6.45) is 6.83. The maximum atomic E-state index is 12.9. The molecule has 2 atom stereocenters. The SMILES string of the molecule is O=C1C[C@H](NCc2cccnc2)C(=O)N1c1ccc(N2C(=O)C[C@H](NCc3cccnc3)C2=O)cc1. The molecule has 0 saturated carbocycles. The Kier molecular flexibility index (Phi) is 6.61. The molecule has 2 fully saturated rings. The molecule has 0 aliphatic carbocycles. The normalized spacial score (nSPS) is 20.0. The largest absolute Gasteiger partial charge is 0.301 e. The highest BCUT2D eigenvalue weighted by Crippen LogP contribution is 2.28. The van der Waals surface area contributed by atoms with E-state index in [1.165, 1.54) is 0 Å². The molecule has 182 valence electrons. The number of pyridine rings is 2. The highest BCUT2D eigenvalue weighted by atomic mass is 16.2. The van der Waals surface area contributed by atoms with Crippen molar-refractivity contribution < 1.29 is 19.2 Å². The minimum absolute atomic E-state index is 0.0498. The average molecular weight is 485 g/mol. The summed E-state index contributed by atoms with van der Waals surface area (Å²) in [4.78, 5) is 61.4. The van der Waals surface area contributed by atoms with Crippen molar-refractivity contribution in [2.45, 2.75) is 38.0 Å². The lowest BCUT2D eigenvalue weighted by atomic mass is 10.2. The molecule has 0 radical (unpaired) electrons. The Bertz CT molecular complexity index is 1180. The molecule has 2 aliphatic heterocycles. The van der Waals surface area contributed by atoms with Crippen LogP contribution in [0.15, 0.2) is 73.3 Å². The van der Waals surface area contributed by atoms with Crippen molar-refractivity contribution in [1.29, 1.82) is 0 Å². The molecule has 2 N–H and O–H groups in total. The van der Waals surface area contributed by atoms with Crippen LogP contribution in [0.5, 0.6) is 0 Å². The Morgan fingerprint density at radius 3 is 1.44 bits per heavy atom. The summed E-state index contributed by atoms with van der Waals surface area (Å²) in [5, 5.41) is 6.23. The van der Waals surface area contributed by atoms with Crippen LogP contribution < -0.4 is 20.4 Å². The first kappa shape index (κ1) is 23.5. The van der Waals surface area contributed by atoms with Gasteiger partial charge in [0.25, 0.3) is 11.8 Å². The van der Waals surface area contributed by atoms with Crippen LogP contribution >= 0.6 is 0 Å². The first-order chi connectivity index (χ1) is 17.5. The Labute approximate surface area is 207 Å². The van der Waals surface area contributed by atoms with E-state index in [4.69, 9.17) is 0 Å². The number of carbonyl (C=O) groups excluding carboxylic acids is 4. The van der Waals surface area contributed by atoms with E-state index < -0.39 is 12.1 Å². The number of anilines is 2. The van der Waals surface area contributed by atoms with Crippen molar-refractivity contribution >= 4 is 35.0 Å². The zero-order valence-corrected chi connectivity index (χ0v) is 19.3. The number of hydrogen-bond donors (Lipinski definition) is 2. The van der Waals surface area contributed by atoms with Crippen molar-refractivity contribution in [3.63, 3.8) is 0 Å². The molecule has 3 aromatic rings. The van der Waals surface area contributed by atoms with Gasteiger partial charge in [0.15, 0.2) is 0 Å². The average Bonchev–Trinajstić information content (AvgIpc) is 3.35. The van der Waals surface area contributed by atoms with Gasteiger partial charge in [0.1, 0.15) is 0 Å². The third-order valence-electron chi connectivity index (χ3n) is 6.21. The molecule has 2 aliphatic rings. The first-order valence-electron chi connectivity index (χ1n) is 11.6. The molecule has 4 heterocycles. The number of nitrogens with zero attached hydrogens (tertiary/aromatic N) is 4. The summed E-state index contributed by atoms with van der Waals surface area (Å²) in [6.45, 7) is 0.832. The fourth-order valence-corrected chi connectivity index (χ4v) is 4.36. The van der Waals surface area contributed by atoms with Crippen LogP contribution in [-0.4, -0.2) is 45.7 Å². The van der Waals surface area contributed by atoms with E-state index in [0.29, 0.717) is 24.5 Å². The third-order valence-corrected chi connectivity index (χ3v) is 6.21. The topological polar surface area (TPSA) is 125 Å². The first-order valence-corrected chi connectivity index (χ1v) is 11.6. The Hall–Kier alpha value is -4.28. The Morgan fingerprint density at radius 1 is 0.667 bits per heavy atom. The lowest BCUT2D eigenvalue weighted by molar-refractivity contribution is -0.123. The van der Waals surface area contributed by atoms with Gasteiger partial charge in [-0.2, -0.15) is 0 Å². The standard InChI is InChI=1S/C26H24N6O4/c33-23-11-21(29-15-17-3-1-9-27-13-17)25(35)31(23)19-5-7-20(8-6-19)32-24(34)12-22(26(32)36)30-16-18-4-2-10-28-14-18/h1-10,13-14,21-22,29-30H,11-12,15-16H2/t21-,22-/m0/s1. The van der Waals surface area contributed by atoms with Crippen LogP contribution in [0, 0.1) is 0 Å². The number of nitrogens with one attached hydrogen (secondary N) is 2. The fraction of sp³-hybridized carbons (Fsp3) is 0.231. The molecule has 36 heavy (non-hydrogen) atoms. The van der Waals surface area contributed by atoms with Crippen LogP contribution in [-0.2, 0) is 32.3 Å². The van der Waals surface area contributed by atoms with Gasteiger partial charge >= 0.3 is 0 Å². The summed E-state index contributed by atoms with van der Waals surface area (Å²) < 4.78 is 0. The number of aromatic nitrogens is 2. The highest BCUT2D eigenvalue weighted by Gasteiger charge is 2.41. The van der Waals surface area contributed by atoms with E-state index in [1.54, 1.807) is 61.2 Å². The summed E-state index contributed by atoms with van der Waals surface area (Å²) in [5.41, 5.74) is 2.61. The number of carbonyl (C=O) groups is 4. The van der Waals surface area contributed by atoms with Crippen molar-refractivity contribution in [2.75, 3.05) is 9.80 Å². The van der Waals surface area contributed by atoms with Gasteiger partial charge in [0.05, 0.1) is 36.3 Å². The predicted molar refractivity (Wildman–Crippen MR) is 130 cm³/mol. The zero-order valence-electron chi connectivity index (χ0n) is 19.3. The summed E-state index contributed by atoms with van der Waals surface area (Å²) in [7, 11) is 0. The summed E-state index contributed by atoms with van der Waals surface area (Å²) in [5.74, 6) is -1.32. The molecular formula is C26H24N6O4. The number of imide groups is 2. The molecule has 2 aromatic heterocycles. The van der Waals surface area contributed by atoms with Gasteiger partial charge in [-0.1, -0.05) is 12.1 Å². The zero-order chi connectivity index (χ0) is 25.1. The third kappa shape index (κ3) is 4.77. The van der Waals surface area contributed by atoms with Gasteiger partial charge in [-0.3, -0.25) is 29.1 Å². The van der Waals surface area contributed by atoms with Crippen LogP contribution in [0.1, 0.15) is 24.0 Å². The molecule has 0 spiro atoms. The molecule has 0 unspecified atom stereocenters. The molecule has 0 bridgehead atoms. The van der Waals surface area contributed by atoms with Crippen molar-refractivity contribution in [1.82, 2.24) is 20.6 Å². The van der Waals surface area contributed by atoms with Gasteiger partial charge in [-0.05, 0) is 47.5 Å². The lowest BCUT2D eigenvalue weighted by Gasteiger charge is -2.19. The molecule has 4 amide bonds. The summed E-state index contributed by atoms with van der Waals surface area (Å²) in [6, 6.07) is 12.4. The van der Waals surface area contributed by atoms with E-state index in [1.807, 2.05) is 12.1 Å². The Balaban J connectivity index is 1.23. The monoisotopic (exact) mass is 484 g/mol. The molecule has 5 rings (SSSR count). The minimum atomic E-state index is -0.634. The van der Waals surface area contributed by atoms with Crippen LogP contribution in [0.3, 0.4) is 0 Å². The van der Waals surface area contributed by atoms with Crippen molar-refractivity contribution in [3.8, 4) is 0 Å². The van der Waals surface area contributed by atoms with Gasteiger partial charge in [0.2, 0.25) is 11.8 Å². The molecule has 2 saturated heterocycles. The van der Waals surface area contributed by atoms with E-state index in [9.17, 15) is 19.2 Å². The molecule has 1 aromatic carbocycles. The lowest BCUT2D eigenvalue weighted by Crippen LogP contribution is -2.39. The van der Waals surface area contributed by atoms with Crippen LogP contribution in [0.4, 0.5) is 11.4 Å². The van der Waals surface area contributed by atoms with Crippen molar-refractivity contribution in [2.24, 2.45) is 0 Å². The molecular weight excluding hydrogens is 460 g/mol. The van der Waals surface area contributed by atoms with Crippen molar-refractivity contribution in [3.05, 3.63) is 84.4 Å². The van der Waals surface area contributed by atoms with Gasteiger partial charge < -0.3 is 10.6 Å². The molecule has 10 nitrogen and oxygen atoms in total. The maximum absolute atomic E-state index is 12.9. The predicted octanol–water partition coefficient (Wildman–Crippen LogP) is 1.32. The Morgan fingerprint density at radius 2 is 1.08 bits per heavy atom. The van der Waals surface area contributed by atoms with Gasteiger partial charge in [-0.15, -0.1) is 0 Å². The molecule has 10 heteroatoms.